The fraction of sp³-hybridized carbons (Fsp3) is 0.538. The molecule has 1 saturated carbocycles. The molecule has 6 nitrogen and oxygen atoms in total. The van der Waals surface area contributed by atoms with Crippen LogP contribution in [0.3, 0.4) is 0 Å². The molecule has 2 aliphatic rings. The maximum Gasteiger partial charge on any atom is 0.267 e. The van der Waals surface area contributed by atoms with Gasteiger partial charge in [0, 0.05) is 18.8 Å². The first kappa shape index (κ1) is 24.9. The number of thioether (sulfide) groups is 1. The van der Waals surface area contributed by atoms with Crippen LogP contribution in [0.4, 0.5) is 5.82 Å². The van der Waals surface area contributed by atoms with Gasteiger partial charge < -0.3 is 5.32 Å². The number of unbranched alkanes of at least 4 members (excludes halogenated alkanes) is 4. The smallest absolute Gasteiger partial charge is 0.267 e. The molecule has 1 saturated heterocycles. The minimum absolute atomic E-state index is 0.108. The van der Waals surface area contributed by atoms with Crippen molar-refractivity contribution in [3.05, 3.63) is 44.7 Å². The van der Waals surface area contributed by atoms with E-state index in [9.17, 15) is 9.59 Å². The predicted octanol–water partition coefficient (Wildman–Crippen LogP) is 5.92. The highest BCUT2D eigenvalue weighted by atomic mass is 32.2. The third-order valence-electron chi connectivity index (χ3n) is 6.66. The summed E-state index contributed by atoms with van der Waals surface area (Å²) in [4.78, 5) is 33.7. The van der Waals surface area contributed by atoms with E-state index in [-0.39, 0.29) is 17.5 Å². The number of nitrogens with one attached hydrogen (secondary N) is 1. The molecule has 2 fully saturated rings. The Morgan fingerprint density at radius 3 is 2.71 bits per heavy atom. The first-order valence-electron chi connectivity index (χ1n) is 12.5. The molecule has 0 aromatic carbocycles. The minimum Gasteiger partial charge on any atom is -0.367 e. The van der Waals surface area contributed by atoms with Gasteiger partial charge >= 0.3 is 0 Å². The zero-order valence-corrected chi connectivity index (χ0v) is 21.8. The number of amides is 1. The van der Waals surface area contributed by atoms with Crippen molar-refractivity contribution in [2.45, 2.75) is 84.1 Å². The topological polar surface area (TPSA) is 66.7 Å². The van der Waals surface area contributed by atoms with Crippen molar-refractivity contribution in [3.63, 3.8) is 0 Å². The monoisotopic (exact) mass is 498 g/mol. The van der Waals surface area contributed by atoms with Crippen molar-refractivity contribution in [2.75, 3.05) is 11.9 Å². The Bertz CT molecular complexity index is 1150. The van der Waals surface area contributed by atoms with Gasteiger partial charge in [0.25, 0.3) is 11.5 Å². The standard InChI is InChI=1S/C26H34N4O2S2/c1-3-4-5-6-10-15-30-25(32)21(34-26(30)33)17-20-22(27-19-13-8-7-9-14-19)28-23-18(2)12-11-16-29(23)24(20)31/h11-12,16-17,19,27H,3-10,13-15H2,1-2H3. The lowest BCUT2D eigenvalue weighted by molar-refractivity contribution is -0.122. The number of hydrogen-bond acceptors (Lipinski definition) is 6. The van der Waals surface area contributed by atoms with Gasteiger partial charge in [-0.15, -0.1) is 0 Å². The number of pyridine rings is 1. The number of thiocarbonyl (C=S) groups is 1. The summed E-state index contributed by atoms with van der Waals surface area (Å²) in [5.41, 5.74) is 1.84. The van der Waals surface area contributed by atoms with E-state index < -0.39 is 0 Å². The second-order valence-electron chi connectivity index (χ2n) is 9.29. The SMILES string of the molecule is CCCCCCCN1C(=O)C(=Cc2c(NC3CCCCC3)nc3c(C)cccn3c2=O)SC1=S. The molecule has 34 heavy (non-hydrogen) atoms. The van der Waals surface area contributed by atoms with Crippen LogP contribution in [0, 0.1) is 6.92 Å². The molecular formula is C26H34N4O2S2. The second kappa shape index (κ2) is 11.5. The average molecular weight is 499 g/mol. The molecule has 2 aromatic rings. The highest BCUT2D eigenvalue weighted by Crippen LogP contribution is 2.34. The Morgan fingerprint density at radius 1 is 1.18 bits per heavy atom. The van der Waals surface area contributed by atoms with E-state index in [0.29, 0.717) is 32.8 Å². The molecule has 0 atom stereocenters. The van der Waals surface area contributed by atoms with Crippen LogP contribution in [0.1, 0.15) is 82.3 Å². The van der Waals surface area contributed by atoms with E-state index in [4.69, 9.17) is 17.2 Å². The van der Waals surface area contributed by atoms with Gasteiger partial charge in [-0.05, 0) is 43.9 Å². The lowest BCUT2D eigenvalue weighted by Crippen LogP contribution is -2.29. The third-order valence-corrected chi connectivity index (χ3v) is 8.04. The molecule has 0 unspecified atom stereocenters. The van der Waals surface area contributed by atoms with E-state index in [1.54, 1.807) is 21.6 Å². The largest absolute Gasteiger partial charge is 0.367 e. The molecule has 8 heteroatoms. The third kappa shape index (κ3) is 5.54. The molecule has 0 radical (unpaired) electrons. The number of aromatic nitrogens is 2. The number of carbonyl (C=O) groups is 1. The molecule has 1 aliphatic carbocycles. The van der Waals surface area contributed by atoms with Crippen LogP contribution in [0.25, 0.3) is 11.7 Å². The molecule has 1 aliphatic heterocycles. The number of aryl methyl sites for hydroxylation is 1. The zero-order chi connectivity index (χ0) is 24.1. The predicted molar refractivity (Wildman–Crippen MR) is 145 cm³/mol. The first-order chi connectivity index (χ1) is 16.5. The van der Waals surface area contributed by atoms with Crippen LogP contribution in [0.15, 0.2) is 28.0 Å². The van der Waals surface area contributed by atoms with Crippen LogP contribution in [-0.4, -0.2) is 37.1 Å². The second-order valence-corrected chi connectivity index (χ2v) is 11.0. The summed E-state index contributed by atoms with van der Waals surface area (Å²) in [5.74, 6) is 0.457. The Labute approximate surface area is 211 Å². The maximum absolute atomic E-state index is 13.5. The highest BCUT2D eigenvalue weighted by Gasteiger charge is 2.32. The van der Waals surface area contributed by atoms with Crippen molar-refractivity contribution in [1.29, 1.82) is 0 Å². The summed E-state index contributed by atoms with van der Waals surface area (Å²) in [5, 5.41) is 3.54. The van der Waals surface area contributed by atoms with Crippen LogP contribution < -0.4 is 10.9 Å². The molecule has 0 bridgehead atoms. The summed E-state index contributed by atoms with van der Waals surface area (Å²) >= 11 is 6.80. The van der Waals surface area contributed by atoms with Crippen molar-refractivity contribution in [3.8, 4) is 0 Å². The fourth-order valence-electron chi connectivity index (χ4n) is 4.69. The number of nitrogens with zero attached hydrogens (tertiary/aromatic N) is 3. The molecule has 0 spiro atoms. The summed E-state index contributed by atoms with van der Waals surface area (Å²) in [6.45, 7) is 4.78. The molecule has 2 aromatic heterocycles. The Kier molecular flexibility index (Phi) is 8.42. The normalized spacial score (nSPS) is 18.4. The van der Waals surface area contributed by atoms with Gasteiger partial charge in [-0.3, -0.25) is 18.9 Å². The van der Waals surface area contributed by atoms with Crippen LogP contribution in [0.5, 0.6) is 0 Å². The molecule has 3 heterocycles. The van der Waals surface area contributed by atoms with E-state index in [1.807, 2.05) is 19.1 Å². The Balaban J connectivity index is 1.65. The van der Waals surface area contributed by atoms with E-state index in [2.05, 4.69) is 12.2 Å². The molecular weight excluding hydrogens is 464 g/mol. The summed E-state index contributed by atoms with van der Waals surface area (Å²) in [6.07, 6.45) is 14.8. The van der Waals surface area contributed by atoms with E-state index in [0.717, 1.165) is 31.2 Å². The molecule has 1 N–H and O–H groups in total. The minimum atomic E-state index is -0.170. The summed E-state index contributed by atoms with van der Waals surface area (Å²) in [7, 11) is 0. The van der Waals surface area contributed by atoms with Gasteiger partial charge in [-0.2, -0.15) is 0 Å². The molecule has 4 rings (SSSR count). The van der Waals surface area contributed by atoms with Crippen molar-refractivity contribution in [1.82, 2.24) is 14.3 Å². The summed E-state index contributed by atoms with van der Waals surface area (Å²) < 4.78 is 2.14. The number of rotatable bonds is 9. The average Bonchev–Trinajstić information content (AvgIpc) is 3.10. The van der Waals surface area contributed by atoms with Gasteiger partial charge in [0.2, 0.25) is 0 Å². The first-order valence-corrected chi connectivity index (χ1v) is 13.8. The number of anilines is 1. The van der Waals surface area contributed by atoms with Crippen molar-refractivity contribution in [2.24, 2.45) is 0 Å². The summed E-state index contributed by atoms with van der Waals surface area (Å²) in [6, 6.07) is 4.09. The van der Waals surface area contributed by atoms with Crippen LogP contribution >= 0.6 is 24.0 Å². The lowest BCUT2D eigenvalue weighted by Gasteiger charge is -2.24. The van der Waals surface area contributed by atoms with Gasteiger partial charge in [-0.25, -0.2) is 4.98 Å². The van der Waals surface area contributed by atoms with Gasteiger partial charge in [0.15, 0.2) is 0 Å². The fourth-order valence-corrected chi connectivity index (χ4v) is 5.98. The van der Waals surface area contributed by atoms with Crippen LogP contribution in [-0.2, 0) is 4.79 Å². The lowest BCUT2D eigenvalue weighted by atomic mass is 9.95. The molecule has 182 valence electrons. The van der Waals surface area contributed by atoms with E-state index in [1.165, 1.54) is 50.3 Å². The van der Waals surface area contributed by atoms with Crippen molar-refractivity contribution >= 4 is 51.7 Å². The number of hydrogen-bond donors (Lipinski definition) is 1. The quantitative estimate of drug-likeness (QED) is 0.263. The highest BCUT2D eigenvalue weighted by molar-refractivity contribution is 8.26. The van der Waals surface area contributed by atoms with Crippen molar-refractivity contribution < 1.29 is 4.79 Å². The van der Waals surface area contributed by atoms with E-state index >= 15 is 0 Å². The number of fused-ring (bicyclic) bond motifs is 1. The van der Waals surface area contributed by atoms with Crippen LogP contribution in [0.2, 0.25) is 0 Å². The maximum atomic E-state index is 13.5. The van der Waals surface area contributed by atoms with Gasteiger partial charge in [-0.1, -0.05) is 81.9 Å². The molecule has 1 amide bonds. The van der Waals surface area contributed by atoms with Gasteiger partial charge in [0.05, 0.1) is 10.5 Å². The van der Waals surface area contributed by atoms with Gasteiger partial charge in [0.1, 0.15) is 15.8 Å². The number of carbonyl (C=O) groups excluding carboxylic acids is 1. The Hall–Kier alpha value is -2.19. The Morgan fingerprint density at radius 2 is 1.94 bits per heavy atom. The zero-order valence-electron chi connectivity index (χ0n) is 20.1.